The molecule has 2 aromatic rings. The predicted octanol–water partition coefficient (Wildman–Crippen LogP) is 3.28. The first-order valence-electron chi connectivity index (χ1n) is 5.84. The maximum absolute atomic E-state index is 5.65. The maximum atomic E-state index is 5.65. The summed E-state index contributed by atoms with van der Waals surface area (Å²) in [7, 11) is 2.58. The van der Waals surface area contributed by atoms with Crippen LogP contribution in [0.1, 0.15) is 17.7 Å². The molecule has 0 fully saturated rings. The van der Waals surface area contributed by atoms with Crippen LogP contribution < -0.4 is 0 Å². The summed E-state index contributed by atoms with van der Waals surface area (Å²) in [4.78, 5) is 4.27. The van der Waals surface area contributed by atoms with E-state index in [1.807, 2.05) is 10.5 Å². The van der Waals surface area contributed by atoms with E-state index >= 15 is 0 Å². The molecule has 1 atom stereocenters. The molecule has 0 bridgehead atoms. The van der Waals surface area contributed by atoms with Crippen molar-refractivity contribution < 1.29 is 4.74 Å². The number of imidazole rings is 1. The Morgan fingerprint density at radius 3 is 2.72 bits per heavy atom. The van der Waals surface area contributed by atoms with Gasteiger partial charge in [0.2, 0.25) is 0 Å². The van der Waals surface area contributed by atoms with E-state index in [0.717, 1.165) is 25.1 Å². The highest BCUT2D eigenvalue weighted by Gasteiger charge is 1.97. The molecule has 0 N–H and O–H groups in total. The molecule has 0 aliphatic rings. The van der Waals surface area contributed by atoms with Crippen molar-refractivity contribution in [1.82, 2.24) is 9.32 Å². The normalized spacial score (nSPS) is 10.8. The summed E-state index contributed by atoms with van der Waals surface area (Å²) in [5.74, 6) is 0. The Balaban J connectivity index is 1.63. The highest BCUT2D eigenvalue weighted by Crippen LogP contribution is 2.08. The number of rotatable bonds is 6. The molecule has 96 valence electrons. The summed E-state index contributed by atoms with van der Waals surface area (Å²) in [6.07, 6.45) is 5.79. The van der Waals surface area contributed by atoms with Crippen LogP contribution in [0.3, 0.4) is 0 Å². The molecule has 0 spiro atoms. The van der Waals surface area contributed by atoms with Crippen molar-refractivity contribution in [1.29, 1.82) is 0 Å². The molecule has 1 aromatic heterocycles. The van der Waals surface area contributed by atoms with Gasteiger partial charge in [-0.3, -0.25) is 0 Å². The first kappa shape index (κ1) is 14.0. The Labute approximate surface area is 123 Å². The lowest BCUT2D eigenvalue weighted by atomic mass is 10.2. The van der Waals surface area contributed by atoms with Crippen LogP contribution >= 0.6 is 32.0 Å². The van der Waals surface area contributed by atoms with Gasteiger partial charge in [-0.25, -0.2) is 4.98 Å². The van der Waals surface area contributed by atoms with Crippen LogP contribution in [0.15, 0.2) is 36.8 Å². The van der Waals surface area contributed by atoms with Crippen LogP contribution in [0.2, 0.25) is 0 Å². The Hall–Kier alpha value is -0.450. The van der Waals surface area contributed by atoms with Gasteiger partial charge in [-0.05, 0) is 62.5 Å². The molecule has 0 amide bonds. The van der Waals surface area contributed by atoms with Gasteiger partial charge in [0, 0.05) is 16.4 Å². The Morgan fingerprint density at radius 2 is 2.06 bits per heavy atom. The molecule has 0 aliphatic carbocycles. The molecule has 3 nitrogen and oxygen atoms in total. The van der Waals surface area contributed by atoms with E-state index in [1.54, 1.807) is 6.33 Å². The van der Waals surface area contributed by atoms with Gasteiger partial charge in [0.05, 0.1) is 18.6 Å². The first-order valence-corrected chi connectivity index (χ1v) is 7.44. The van der Waals surface area contributed by atoms with E-state index in [2.05, 4.69) is 61.2 Å². The topological polar surface area (TPSA) is 27.1 Å². The molecule has 1 unspecified atom stereocenters. The first-order chi connectivity index (χ1) is 8.74. The van der Waals surface area contributed by atoms with E-state index in [-0.39, 0.29) is 0 Å². The van der Waals surface area contributed by atoms with E-state index in [1.165, 1.54) is 9.13 Å². The highest BCUT2D eigenvalue weighted by molar-refractivity contribution is 14.1. The van der Waals surface area contributed by atoms with E-state index in [9.17, 15) is 0 Å². The van der Waals surface area contributed by atoms with Gasteiger partial charge in [-0.15, -0.1) is 0 Å². The largest absolute Gasteiger partial charge is 0.377 e. The van der Waals surface area contributed by atoms with Gasteiger partial charge in [-0.1, -0.05) is 12.1 Å². The van der Waals surface area contributed by atoms with Crippen LogP contribution in [-0.4, -0.2) is 15.9 Å². The van der Waals surface area contributed by atoms with Gasteiger partial charge in [0.25, 0.3) is 0 Å². The summed E-state index contributed by atoms with van der Waals surface area (Å²) in [5, 5.41) is 0. The fourth-order valence-electron chi connectivity index (χ4n) is 1.63. The minimum absolute atomic E-state index is 0.689. The van der Waals surface area contributed by atoms with Crippen molar-refractivity contribution >= 4 is 32.0 Å². The molecule has 0 aliphatic heterocycles. The van der Waals surface area contributed by atoms with E-state index < -0.39 is 0 Å². The summed E-state index contributed by atoms with van der Waals surface area (Å²) < 4.78 is 8.79. The predicted molar refractivity (Wildman–Crippen MR) is 84.5 cm³/mol. The van der Waals surface area contributed by atoms with Crippen molar-refractivity contribution in [2.24, 2.45) is 0 Å². The fourth-order valence-corrected chi connectivity index (χ4v) is 2.23. The molecule has 0 saturated carbocycles. The van der Waals surface area contributed by atoms with Gasteiger partial charge < -0.3 is 9.07 Å². The quantitative estimate of drug-likeness (QED) is 0.441. The van der Waals surface area contributed by atoms with Crippen LogP contribution in [0.5, 0.6) is 0 Å². The second kappa shape index (κ2) is 7.22. The minimum Gasteiger partial charge on any atom is -0.377 e. The fraction of sp³-hybridized carbons (Fsp3) is 0.308. The van der Waals surface area contributed by atoms with Gasteiger partial charge in [0.1, 0.15) is 0 Å². The van der Waals surface area contributed by atoms with Gasteiger partial charge >= 0.3 is 0 Å². The summed E-state index contributed by atoms with van der Waals surface area (Å²) >= 11 is 2.30. The number of benzene rings is 1. The summed E-state index contributed by atoms with van der Waals surface area (Å²) in [6.45, 7) is 1.46. The van der Waals surface area contributed by atoms with Crippen molar-refractivity contribution in [2.45, 2.75) is 19.4 Å². The minimum atomic E-state index is 0.689. The third kappa shape index (κ3) is 4.67. The number of halogens is 1. The molecule has 1 aromatic carbocycles. The highest BCUT2D eigenvalue weighted by atomic mass is 127. The molecular weight excluding hydrogens is 358 g/mol. The third-order valence-electron chi connectivity index (χ3n) is 2.56. The third-order valence-corrected chi connectivity index (χ3v) is 3.56. The Kier molecular flexibility index (Phi) is 5.60. The SMILES string of the molecule is Pn1cnc(CCCOCc2ccc(I)cc2)c1. The second-order valence-corrected chi connectivity index (χ2v) is 5.94. The number of nitrogens with zero attached hydrogens (tertiary/aromatic N) is 2. The average Bonchev–Trinajstić information content (AvgIpc) is 2.77. The molecule has 18 heavy (non-hydrogen) atoms. The number of hydrogen-bond donors (Lipinski definition) is 0. The lowest BCUT2D eigenvalue weighted by molar-refractivity contribution is 0.118. The van der Waals surface area contributed by atoms with Gasteiger partial charge in [0.15, 0.2) is 0 Å². The zero-order valence-corrected chi connectivity index (χ0v) is 13.4. The van der Waals surface area contributed by atoms with Crippen molar-refractivity contribution in [3.63, 3.8) is 0 Å². The molecular formula is C13H16IN2OP. The number of aryl methyl sites for hydroxylation is 1. The smallest absolute Gasteiger partial charge is 0.0978 e. The van der Waals surface area contributed by atoms with Crippen LogP contribution in [0.25, 0.3) is 0 Å². The van der Waals surface area contributed by atoms with E-state index in [0.29, 0.717) is 6.61 Å². The zero-order chi connectivity index (χ0) is 12.8. The van der Waals surface area contributed by atoms with Gasteiger partial charge in [-0.2, -0.15) is 0 Å². The second-order valence-electron chi connectivity index (χ2n) is 4.09. The molecule has 1 heterocycles. The lowest BCUT2D eigenvalue weighted by Gasteiger charge is -2.03. The molecule has 2 rings (SSSR count). The van der Waals surface area contributed by atoms with Crippen LogP contribution in [0.4, 0.5) is 0 Å². The standard InChI is InChI=1S/C13H16IN2OP/c14-12-5-3-11(4-6-12)9-17-7-1-2-13-8-16(18)10-15-13/h3-6,8,10H,1-2,7,9,18H2. The summed E-state index contributed by atoms with van der Waals surface area (Å²) in [6, 6.07) is 8.42. The lowest BCUT2D eigenvalue weighted by Crippen LogP contribution is -1.97. The Bertz CT molecular complexity index is 484. The number of ether oxygens (including phenoxy) is 1. The molecule has 0 saturated heterocycles. The van der Waals surface area contributed by atoms with Crippen molar-refractivity contribution in [3.8, 4) is 0 Å². The number of hydrogen-bond acceptors (Lipinski definition) is 2. The number of aromatic nitrogens is 2. The molecule has 0 radical (unpaired) electrons. The maximum Gasteiger partial charge on any atom is 0.0978 e. The summed E-state index contributed by atoms with van der Waals surface area (Å²) in [5.41, 5.74) is 2.34. The van der Waals surface area contributed by atoms with Crippen molar-refractivity contribution in [2.75, 3.05) is 6.61 Å². The monoisotopic (exact) mass is 374 g/mol. The Morgan fingerprint density at radius 1 is 1.28 bits per heavy atom. The van der Waals surface area contributed by atoms with Crippen LogP contribution in [-0.2, 0) is 17.8 Å². The average molecular weight is 374 g/mol. The molecule has 5 heteroatoms. The zero-order valence-electron chi connectivity index (χ0n) is 10.1. The van der Waals surface area contributed by atoms with E-state index in [4.69, 9.17) is 4.74 Å². The van der Waals surface area contributed by atoms with Crippen LogP contribution in [0, 0.1) is 3.57 Å². The van der Waals surface area contributed by atoms with Crippen molar-refractivity contribution in [3.05, 3.63) is 51.6 Å².